The van der Waals surface area contributed by atoms with E-state index in [0.29, 0.717) is 40.1 Å². The van der Waals surface area contributed by atoms with Gasteiger partial charge in [-0.05, 0) is 62.5 Å². The molecule has 42 heavy (non-hydrogen) atoms. The van der Waals surface area contributed by atoms with Gasteiger partial charge in [0.2, 0.25) is 5.91 Å². The summed E-state index contributed by atoms with van der Waals surface area (Å²) in [5, 5.41) is 12.9. The summed E-state index contributed by atoms with van der Waals surface area (Å²) < 4.78 is 29.2. The molecule has 0 spiro atoms. The summed E-state index contributed by atoms with van der Waals surface area (Å²) in [5.41, 5.74) is 4.10. The summed E-state index contributed by atoms with van der Waals surface area (Å²) in [5.74, 6) is 0.261. The van der Waals surface area contributed by atoms with Crippen LogP contribution in [0.4, 0.5) is 5.69 Å². The van der Waals surface area contributed by atoms with Gasteiger partial charge >= 0.3 is 7.82 Å². The summed E-state index contributed by atoms with van der Waals surface area (Å²) >= 11 is 0. The number of hydrogen-bond donors (Lipinski definition) is 2. The van der Waals surface area contributed by atoms with Crippen LogP contribution in [0.2, 0.25) is 0 Å². The topological polar surface area (TPSA) is 152 Å². The molecule has 2 N–H and O–H groups in total. The highest BCUT2D eigenvalue weighted by Gasteiger charge is 2.22. The van der Waals surface area contributed by atoms with Crippen LogP contribution in [0.3, 0.4) is 0 Å². The van der Waals surface area contributed by atoms with Crippen LogP contribution in [0, 0.1) is 11.3 Å². The predicted molar refractivity (Wildman–Crippen MR) is 159 cm³/mol. The Morgan fingerprint density at radius 3 is 2.69 bits per heavy atom. The van der Waals surface area contributed by atoms with E-state index in [9.17, 15) is 19.5 Å². The second-order valence-corrected chi connectivity index (χ2v) is 10.9. The van der Waals surface area contributed by atoms with Crippen LogP contribution in [0.15, 0.2) is 67.1 Å². The second kappa shape index (κ2) is 13.5. The summed E-state index contributed by atoms with van der Waals surface area (Å²) in [6, 6.07) is 12.7. The molecule has 1 aromatic carbocycles. The third-order valence-corrected chi connectivity index (χ3v) is 7.06. The number of pyridine rings is 2. The lowest BCUT2D eigenvalue weighted by Gasteiger charge is -2.12. The number of anilines is 1. The molecule has 1 unspecified atom stereocenters. The first-order valence-electron chi connectivity index (χ1n) is 12.9. The number of nitrogens with one attached hydrogen (secondary N) is 1. The molecule has 4 rings (SSSR count). The van der Waals surface area contributed by atoms with Gasteiger partial charge in [0.25, 0.3) is 0 Å². The zero-order valence-corrected chi connectivity index (χ0v) is 24.5. The van der Waals surface area contributed by atoms with Crippen molar-refractivity contribution in [2.45, 2.75) is 13.7 Å². The molecule has 13 heteroatoms. The smallest absolute Gasteiger partial charge is 0.473 e. The van der Waals surface area contributed by atoms with Crippen LogP contribution in [-0.2, 0) is 25.1 Å². The van der Waals surface area contributed by atoms with Crippen molar-refractivity contribution in [1.82, 2.24) is 19.4 Å². The molecule has 1 amide bonds. The van der Waals surface area contributed by atoms with Gasteiger partial charge in [0.05, 0.1) is 13.7 Å². The molecule has 3 heterocycles. The Morgan fingerprint density at radius 2 is 1.98 bits per heavy atom. The predicted octanol–water partition coefficient (Wildman–Crippen LogP) is 4.81. The zero-order valence-electron chi connectivity index (χ0n) is 23.6. The number of amides is 1. The fourth-order valence-electron chi connectivity index (χ4n) is 4.16. The SMILES string of the molecule is CCOP(=O)(O)OCn1cc(-c2ccnc(C#N)c2)c2cc(-c3cc(NC(=O)C=CCN(C)C)cc(OC)c3)cnc21. The minimum atomic E-state index is -4.26. The van der Waals surface area contributed by atoms with E-state index >= 15 is 0 Å². The maximum absolute atomic E-state index is 12.5. The first-order chi connectivity index (χ1) is 20.1. The normalized spacial score (nSPS) is 12.9. The first kappa shape index (κ1) is 30.6. The Hall–Kier alpha value is -4.37. The highest BCUT2D eigenvalue weighted by Crippen LogP contribution is 2.44. The molecule has 0 bridgehead atoms. The molecule has 0 saturated heterocycles. The van der Waals surface area contributed by atoms with Crippen LogP contribution in [0.1, 0.15) is 12.6 Å². The number of carbonyl (C=O) groups is 1. The Bertz CT molecular complexity index is 1710. The highest BCUT2D eigenvalue weighted by atomic mass is 31.2. The van der Waals surface area contributed by atoms with E-state index < -0.39 is 7.82 Å². The lowest BCUT2D eigenvalue weighted by atomic mass is 10.0. The Labute approximate surface area is 243 Å². The molecule has 0 aliphatic carbocycles. The summed E-state index contributed by atoms with van der Waals surface area (Å²) in [7, 11) is 1.10. The van der Waals surface area contributed by atoms with Crippen molar-refractivity contribution in [2.75, 3.05) is 39.7 Å². The largest absolute Gasteiger partial charge is 0.497 e. The van der Waals surface area contributed by atoms with Gasteiger partial charge in [-0.3, -0.25) is 13.8 Å². The van der Waals surface area contributed by atoms with E-state index in [2.05, 4.69) is 15.3 Å². The van der Waals surface area contributed by atoms with Gasteiger partial charge in [-0.15, -0.1) is 0 Å². The van der Waals surface area contributed by atoms with Crippen molar-refractivity contribution in [3.63, 3.8) is 0 Å². The molecule has 4 aromatic rings. The molecule has 0 radical (unpaired) electrons. The van der Waals surface area contributed by atoms with Gasteiger partial charge in [0.1, 0.15) is 29.9 Å². The fraction of sp³-hybridized carbons (Fsp3) is 0.241. The molecular weight excluding hydrogens is 559 g/mol. The molecule has 3 aromatic heterocycles. The maximum Gasteiger partial charge on any atom is 0.473 e. The molecular formula is C29H31N6O6P. The van der Waals surface area contributed by atoms with Crippen LogP contribution >= 0.6 is 7.82 Å². The number of nitriles is 1. The number of carbonyl (C=O) groups excluding carboxylic acids is 1. The number of methoxy groups -OCH3 is 1. The summed E-state index contributed by atoms with van der Waals surface area (Å²) in [4.78, 5) is 33.1. The standard InChI is InChI=1S/C29H31N6O6P/c1-5-40-42(37,38)41-19-35-18-27(20-8-9-31-24(11-20)16-30)26-14-22(17-32-29(26)35)21-12-23(15-25(13-21)39-4)33-28(36)7-6-10-34(2)3/h6-9,11-15,17-18H,5,10,19H2,1-4H3,(H,33,36)(H,37,38). The molecule has 218 valence electrons. The lowest BCUT2D eigenvalue weighted by molar-refractivity contribution is -0.111. The fourth-order valence-corrected chi connectivity index (χ4v) is 4.83. The second-order valence-electron chi connectivity index (χ2n) is 9.40. The number of ether oxygens (including phenoxy) is 1. The monoisotopic (exact) mass is 590 g/mol. The van der Waals surface area contributed by atoms with E-state index in [1.54, 1.807) is 55.3 Å². The number of nitrogens with zero attached hydrogens (tertiary/aromatic N) is 5. The highest BCUT2D eigenvalue weighted by molar-refractivity contribution is 7.47. The van der Waals surface area contributed by atoms with Gasteiger partial charge in [-0.25, -0.2) is 14.5 Å². The molecule has 1 atom stereocenters. The third-order valence-electron chi connectivity index (χ3n) is 6.03. The number of hydrogen-bond acceptors (Lipinski definition) is 9. The molecule has 0 aliphatic heterocycles. The van der Waals surface area contributed by atoms with E-state index in [4.69, 9.17) is 13.8 Å². The van der Waals surface area contributed by atoms with Crippen molar-refractivity contribution in [2.24, 2.45) is 0 Å². The van der Waals surface area contributed by atoms with E-state index in [1.165, 1.54) is 12.3 Å². The molecule has 0 fully saturated rings. The number of benzene rings is 1. The lowest BCUT2D eigenvalue weighted by Crippen LogP contribution is -2.13. The first-order valence-corrected chi connectivity index (χ1v) is 14.4. The summed E-state index contributed by atoms with van der Waals surface area (Å²) in [6.07, 6.45) is 8.15. The van der Waals surface area contributed by atoms with Gasteiger partial charge < -0.3 is 24.4 Å². The van der Waals surface area contributed by atoms with Crippen molar-refractivity contribution in [3.05, 3.63) is 72.8 Å². The number of aromatic nitrogens is 3. The van der Waals surface area contributed by atoms with Crippen LogP contribution in [0.5, 0.6) is 5.75 Å². The number of likely N-dealkylation sites (N-methyl/N-ethyl adjacent to an activating group) is 1. The summed E-state index contributed by atoms with van der Waals surface area (Å²) in [6.45, 7) is 1.93. The average molecular weight is 591 g/mol. The zero-order chi connectivity index (χ0) is 30.3. The number of phosphoric acid groups is 1. The van der Waals surface area contributed by atoms with Gasteiger partial charge in [0, 0.05) is 59.5 Å². The van der Waals surface area contributed by atoms with Crippen LogP contribution in [0.25, 0.3) is 33.3 Å². The number of rotatable bonds is 12. The number of fused-ring (bicyclic) bond motifs is 1. The Balaban J connectivity index is 1.77. The van der Waals surface area contributed by atoms with Crippen LogP contribution in [-0.4, -0.2) is 64.6 Å². The van der Waals surface area contributed by atoms with Gasteiger partial charge in [0.15, 0.2) is 0 Å². The molecule has 0 aliphatic rings. The Kier molecular flexibility index (Phi) is 9.85. The third kappa shape index (κ3) is 7.67. The van der Waals surface area contributed by atoms with Gasteiger partial charge in [-0.1, -0.05) is 6.08 Å². The van der Waals surface area contributed by atoms with E-state index in [1.807, 2.05) is 43.3 Å². The van der Waals surface area contributed by atoms with Crippen molar-refractivity contribution in [1.29, 1.82) is 5.26 Å². The minimum absolute atomic E-state index is 0.0103. The van der Waals surface area contributed by atoms with Crippen molar-refractivity contribution < 1.29 is 28.0 Å². The van der Waals surface area contributed by atoms with Crippen molar-refractivity contribution in [3.8, 4) is 34.1 Å². The van der Waals surface area contributed by atoms with Crippen LogP contribution < -0.4 is 10.1 Å². The van der Waals surface area contributed by atoms with E-state index in [0.717, 1.165) is 11.1 Å². The Morgan fingerprint density at radius 1 is 1.17 bits per heavy atom. The number of phosphoric ester groups is 1. The van der Waals surface area contributed by atoms with E-state index in [-0.39, 0.29) is 24.9 Å². The minimum Gasteiger partial charge on any atom is -0.497 e. The quantitative estimate of drug-likeness (QED) is 0.174. The average Bonchev–Trinajstić information content (AvgIpc) is 3.33. The van der Waals surface area contributed by atoms with Gasteiger partial charge in [-0.2, -0.15) is 5.26 Å². The van der Waals surface area contributed by atoms with Crippen molar-refractivity contribution >= 4 is 30.5 Å². The maximum atomic E-state index is 12.5. The molecule has 12 nitrogen and oxygen atoms in total. The molecule has 0 saturated carbocycles.